The van der Waals surface area contributed by atoms with Gasteiger partial charge in [0.05, 0.1) is 6.54 Å². The number of nitrogens with zero attached hydrogens (tertiary/aromatic N) is 1. The van der Waals surface area contributed by atoms with Crippen molar-refractivity contribution in [1.82, 2.24) is 4.90 Å². The molecule has 74 valence electrons. The predicted molar refractivity (Wildman–Crippen MR) is 56.3 cm³/mol. The van der Waals surface area contributed by atoms with Crippen LogP contribution < -0.4 is 5.73 Å². The number of piperidine rings is 1. The van der Waals surface area contributed by atoms with Crippen LogP contribution in [0.15, 0.2) is 0 Å². The molecule has 0 aromatic carbocycles. The van der Waals surface area contributed by atoms with E-state index in [4.69, 9.17) is 5.73 Å². The van der Waals surface area contributed by atoms with Gasteiger partial charge in [-0.1, -0.05) is 19.3 Å². The molecule has 2 N–H and O–H groups in total. The molecule has 1 fully saturated rings. The average Bonchev–Trinajstić information content (AvgIpc) is 2.19. The maximum Gasteiger partial charge on any atom is 0.0551 e. The van der Waals surface area contributed by atoms with Gasteiger partial charge in [-0.2, -0.15) is 0 Å². The number of hydrogen-bond donors (Lipinski definition) is 1. The minimum absolute atomic E-state index is 0.499. The van der Waals surface area contributed by atoms with Gasteiger partial charge < -0.3 is 5.73 Å². The van der Waals surface area contributed by atoms with E-state index in [1.165, 1.54) is 25.8 Å². The van der Waals surface area contributed by atoms with E-state index >= 15 is 0 Å². The van der Waals surface area contributed by atoms with E-state index in [-0.39, 0.29) is 0 Å². The van der Waals surface area contributed by atoms with Crippen LogP contribution in [0.2, 0.25) is 0 Å². The van der Waals surface area contributed by atoms with Crippen molar-refractivity contribution in [3.63, 3.8) is 0 Å². The minimum atomic E-state index is 0.499. The predicted octanol–water partition coefficient (Wildman–Crippen LogP) is 1.21. The highest BCUT2D eigenvalue weighted by Gasteiger charge is 2.19. The smallest absolute Gasteiger partial charge is 0.0551 e. The van der Waals surface area contributed by atoms with Crippen molar-refractivity contribution in [2.24, 2.45) is 5.73 Å². The zero-order valence-electron chi connectivity index (χ0n) is 8.55. The lowest BCUT2D eigenvalue weighted by Crippen LogP contribution is -2.38. The highest BCUT2D eigenvalue weighted by atomic mass is 15.2. The van der Waals surface area contributed by atoms with Gasteiger partial charge in [0.15, 0.2) is 0 Å². The van der Waals surface area contributed by atoms with Crippen molar-refractivity contribution >= 4 is 0 Å². The fourth-order valence-corrected chi connectivity index (χ4v) is 1.97. The lowest BCUT2D eigenvalue weighted by Gasteiger charge is -2.33. The molecule has 0 aliphatic carbocycles. The van der Waals surface area contributed by atoms with Gasteiger partial charge in [-0.15, -0.1) is 5.92 Å². The molecule has 0 spiro atoms. The van der Waals surface area contributed by atoms with E-state index in [1.54, 1.807) is 0 Å². The van der Waals surface area contributed by atoms with Crippen molar-refractivity contribution in [1.29, 1.82) is 0 Å². The van der Waals surface area contributed by atoms with Crippen LogP contribution in [0.25, 0.3) is 0 Å². The van der Waals surface area contributed by atoms with Gasteiger partial charge in [0.1, 0.15) is 0 Å². The second-order valence-electron chi connectivity index (χ2n) is 3.54. The summed E-state index contributed by atoms with van der Waals surface area (Å²) in [6, 6.07) is 0.692. The van der Waals surface area contributed by atoms with Gasteiger partial charge in [0, 0.05) is 12.5 Å². The second kappa shape index (κ2) is 6.01. The maximum atomic E-state index is 5.32. The first-order chi connectivity index (χ1) is 6.38. The van der Waals surface area contributed by atoms with E-state index in [2.05, 4.69) is 23.7 Å². The van der Waals surface area contributed by atoms with Crippen LogP contribution in [0, 0.1) is 11.8 Å². The quantitative estimate of drug-likeness (QED) is 0.647. The minimum Gasteiger partial charge on any atom is -0.320 e. The maximum absolute atomic E-state index is 5.32. The molecule has 0 radical (unpaired) electrons. The van der Waals surface area contributed by atoms with Gasteiger partial charge >= 0.3 is 0 Å². The van der Waals surface area contributed by atoms with Crippen molar-refractivity contribution in [2.75, 3.05) is 19.6 Å². The Hall–Kier alpha value is -0.520. The summed E-state index contributed by atoms with van der Waals surface area (Å²) in [5, 5.41) is 0. The molecule has 1 aliphatic heterocycles. The zero-order valence-corrected chi connectivity index (χ0v) is 8.55. The van der Waals surface area contributed by atoms with Crippen LogP contribution in [0.1, 0.15) is 32.6 Å². The van der Waals surface area contributed by atoms with Gasteiger partial charge in [-0.05, 0) is 25.9 Å². The first kappa shape index (κ1) is 10.6. The average molecular weight is 180 g/mol. The third-order valence-corrected chi connectivity index (χ3v) is 2.72. The van der Waals surface area contributed by atoms with Crippen molar-refractivity contribution < 1.29 is 0 Å². The fraction of sp³-hybridized carbons (Fsp3) is 0.818. The summed E-state index contributed by atoms with van der Waals surface area (Å²) < 4.78 is 0. The third-order valence-electron chi connectivity index (χ3n) is 2.72. The first-order valence-electron chi connectivity index (χ1n) is 5.28. The van der Waals surface area contributed by atoms with Crippen LogP contribution in [-0.2, 0) is 0 Å². The molecule has 1 aliphatic rings. The van der Waals surface area contributed by atoms with Crippen LogP contribution in [0.4, 0.5) is 0 Å². The zero-order chi connectivity index (χ0) is 9.52. The van der Waals surface area contributed by atoms with Gasteiger partial charge in [0.25, 0.3) is 0 Å². The topological polar surface area (TPSA) is 29.3 Å². The third kappa shape index (κ3) is 3.38. The molecule has 1 unspecified atom stereocenters. The standard InChI is InChI=1S/C11H20N2/c1-2-13-10-6-4-8-11(13)7-3-5-9-12/h11H,2,4,6-10,12H2,1H3. The van der Waals surface area contributed by atoms with Gasteiger partial charge in [-0.3, -0.25) is 4.90 Å². The lowest BCUT2D eigenvalue weighted by molar-refractivity contribution is 0.159. The van der Waals surface area contributed by atoms with Gasteiger partial charge in [0.2, 0.25) is 0 Å². The molecule has 2 heteroatoms. The highest BCUT2D eigenvalue weighted by molar-refractivity contribution is 5.02. The summed E-state index contributed by atoms with van der Waals surface area (Å²) in [4.78, 5) is 2.54. The molecule has 0 bridgehead atoms. The molecule has 0 aromatic rings. The molecule has 0 amide bonds. The van der Waals surface area contributed by atoms with Crippen molar-refractivity contribution in [3.8, 4) is 11.8 Å². The molecule has 0 saturated carbocycles. The largest absolute Gasteiger partial charge is 0.320 e. The van der Waals surface area contributed by atoms with E-state index in [1.807, 2.05) is 0 Å². The second-order valence-corrected chi connectivity index (χ2v) is 3.54. The molecular formula is C11H20N2. The molecule has 1 atom stereocenters. The Kier molecular flexibility index (Phi) is 4.88. The summed E-state index contributed by atoms with van der Waals surface area (Å²) >= 11 is 0. The summed E-state index contributed by atoms with van der Waals surface area (Å²) in [5.41, 5.74) is 5.32. The SMILES string of the molecule is CCN1CCCCC1CC#CCN. The Bertz CT molecular complexity index is 190. The van der Waals surface area contributed by atoms with Crippen LogP contribution in [-0.4, -0.2) is 30.6 Å². The normalized spacial score (nSPS) is 23.7. The molecule has 2 nitrogen and oxygen atoms in total. The Labute approximate surface area is 81.5 Å². The Balaban J connectivity index is 2.35. The number of nitrogens with two attached hydrogens (primary N) is 1. The van der Waals surface area contributed by atoms with Crippen LogP contribution in [0.5, 0.6) is 0 Å². The summed E-state index contributed by atoms with van der Waals surface area (Å²) in [6.45, 7) is 5.15. The number of likely N-dealkylation sites (tertiary alicyclic amines) is 1. The lowest BCUT2D eigenvalue weighted by atomic mass is 10.00. The summed E-state index contributed by atoms with van der Waals surface area (Å²) in [5.74, 6) is 6.09. The summed E-state index contributed by atoms with van der Waals surface area (Å²) in [7, 11) is 0. The van der Waals surface area contributed by atoms with Crippen LogP contribution in [0.3, 0.4) is 0 Å². The van der Waals surface area contributed by atoms with Crippen LogP contribution >= 0.6 is 0 Å². The molecule has 13 heavy (non-hydrogen) atoms. The molecule has 1 rings (SSSR count). The Morgan fingerprint density at radius 3 is 2.92 bits per heavy atom. The van der Waals surface area contributed by atoms with E-state index in [0.717, 1.165) is 13.0 Å². The van der Waals surface area contributed by atoms with Crippen molar-refractivity contribution in [3.05, 3.63) is 0 Å². The molecule has 1 saturated heterocycles. The van der Waals surface area contributed by atoms with E-state index in [0.29, 0.717) is 12.6 Å². The van der Waals surface area contributed by atoms with Crippen molar-refractivity contribution in [2.45, 2.75) is 38.6 Å². The molecular weight excluding hydrogens is 160 g/mol. The first-order valence-corrected chi connectivity index (χ1v) is 5.28. The number of hydrogen-bond acceptors (Lipinski definition) is 2. The highest BCUT2D eigenvalue weighted by Crippen LogP contribution is 2.18. The van der Waals surface area contributed by atoms with E-state index in [9.17, 15) is 0 Å². The number of rotatable bonds is 2. The monoisotopic (exact) mass is 180 g/mol. The van der Waals surface area contributed by atoms with Gasteiger partial charge in [-0.25, -0.2) is 0 Å². The fourth-order valence-electron chi connectivity index (χ4n) is 1.97. The Morgan fingerprint density at radius 2 is 2.23 bits per heavy atom. The summed E-state index contributed by atoms with van der Waals surface area (Å²) in [6.07, 6.45) is 5.04. The Morgan fingerprint density at radius 1 is 1.38 bits per heavy atom. The molecule has 1 heterocycles. The molecule has 0 aromatic heterocycles. The van der Waals surface area contributed by atoms with E-state index < -0.39 is 0 Å².